The summed E-state index contributed by atoms with van der Waals surface area (Å²) >= 11 is 0. The molecular formula is C23H21N3O2. The standard InChI is InChI=1S/C23H21N3O2/c24-22(25)16-9-10-21-15(13-16)11-12-26(21)14-17-5-1-2-6-18(17)19-7-3-4-8-20(19)23(27)28/h1-10,13H,11-12,14H2,(H3,24,25)(H,27,28). The first-order valence-corrected chi connectivity index (χ1v) is 9.17. The summed E-state index contributed by atoms with van der Waals surface area (Å²) in [6.45, 7) is 1.57. The van der Waals surface area contributed by atoms with Crippen molar-refractivity contribution in [3.8, 4) is 11.1 Å². The van der Waals surface area contributed by atoms with Crippen LogP contribution in [0.15, 0.2) is 66.7 Å². The second-order valence-electron chi connectivity index (χ2n) is 6.94. The van der Waals surface area contributed by atoms with E-state index in [1.165, 1.54) is 5.56 Å². The zero-order valence-corrected chi connectivity index (χ0v) is 15.4. The van der Waals surface area contributed by atoms with Gasteiger partial charge < -0.3 is 15.7 Å². The number of nitrogens with two attached hydrogens (primary N) is 1. The maximum absolute atomic E-state index is 11.7. The number of hydrogen-bond acceptors (Lipinski definition) is 3. The van der Waals surface area contributed by atoms with Crippen LogP contribution in [0.3, 0.4) is 0 Å². The highest BCUT2D eigenvalue weighted by Gasteiger charge is 2.21. The number of hydrogen-bond donors (Lipinski definition) is 3. The summed E-state index contributed by atoms with van der Waals surface area (Å²) < 4.78 is 0. The number of benzene rings is 3. The molecule has 0 radical (unpaired) electrons. The molecule has 0 amide bonds. The summed E-state index contributed by atoms with van der Waals surface area (Å²) in [7, 11) is 0. The molecule has 3 aromatic rings. The number of nitrogens with zero attached hydrogens (tertiary/aromatic N) is 1. The summed E-state index contributed by atoms with van der Waals surface area (Å²) in [5, 5.41) is 17.2. The molecule has 28 heavy (non-hydrogen) atoms. The second-order valence-corrected chi connectivity index (χ2v) is 6.94. The number of carbonyl (C=O) groups is 1. The SMILES string of the molecule is N=C(N)c1ccc2c(c1)CCN2Cc1ccccc1-c1ccccc1C(=O)O. The molecule has 0 saturated carbocycles. The van der Waals surface area contributed by atoms with Crippen LogP contribution in [-0.4, -0.2) is 23.5 Å². The van der Waals surface area contributed by atoms with E-state index in [2.05, 4.69) is 11.0 Å². The Bertz CT molecular complexity index is 1070. The van der Waals surface area contributed by atoms with Crippen LogP contribution in [-0.2, 0) is 13.0 Å². The van der Waals surface area contributed by atoms with Crippen molar-refractivity contribution in [1.29, 1.82) is 5.41 Å². The van der Waals surface area contributed by atoms with Gasteiger partial charge in [0.15, 0.2) is 0 Å². The Morgan fingerprint density at radius 1 is 1.04 bits per heavy atom. The van der Waals surface area contributed by atoms with E-state index in [0.29, 0.717) is 12.1 Å². The van der Waals surface area contributed by atoms with Gasteiger partial charge in [0.25, 0.3) is 0 Å². The summed E-state index contributed by atoms with van der Waals surface area (Å²) in [6.07, 6.45) is 0.907. The average molecular weight is 371 g/mol. The lowest BCUT2D eigenvalue weighted by Gasteiger charge is -2.22. The predicted octanol–water partition coefficient (Wildman–Crippen LogP) is 3.90. The third-order valence-electron chi connectivity index (χ3n) is 5.21. The number of aromatic carboxylic acids is 1. The molecule has 4 rings (SSSR count). The largest absolute Gasteiger partial charge is 0.478 e. The first kappa shape index (κ1) is 17.8. The Labute approximate surface area is 163 Å². The molecule has 0 bridgehead atoms. The maximum atomic E-state index is 11.7. The molecule has 0 spiro atoms. The third kappa shape index (κ3) is 3.22. The average Bonchev–Trinajstić information content (AvgIpc) is 3.10. The summed E-state index contributed by atoms with van der Waals surface area (Å²) in [4.78, 5) is 14.0. The summed E-state index contributed by atoms with van der Waals surface area (Å²) in [5.41, 5.74) is 11.8. The molecule has 0 aromatic heterocycles. The molecule has 0 aliphatic carbocycles. The van der Waals surface area contributed by atoms with Crippen LogP contribution in [0, 0.1) is 5.41 Å². The lowest BCUT2D eigenvalue weighted by Crippen LogP contribution is -2.20. The second kappa shape index (κ2) is 7.19. The van der Waals surface area contributed by atoms with Crippen molar-refractivity contribution in [2.45, 2.75) is 13.0 Å². The molecule has 140 valence electrons. The molecule has 1 heterocycles. The van der Waals surface area contributed by atoms with E-state index in [4.69, 9.17) is 11.1 Å². The quantitative estimate of drug-likeness (QED) is 0.469. The molecule has 5 heteroatoms. The Kier molecular flexibility index (Phi) is 4.57. The number of nitrogens with one attached hydrogen (secondary N) is 1. The highest BCUT2D eigenvalue weighted by molar-refractivity contribution is 5.97. The molecule has 0 saturated heterocycles. The molecule has 0 fully saturated rings. The number of carboxylic acid groups (broad SMARTS) is 1. The van der Waals surface area contributed by atoms with Crippen molar-refractivity contribution in [2.75, 3.05) is 11.4 Å². The van der Waals surface area contributed by atoms with E-state index < -0.39 is 5.97 Å². The van der Waals surface area contributed by atoms with E-state index in [9.17, 15) is 9.90 Å². The fourth-order valence-electron chi connectivity index (χ4n) is 3.83. The van der Waals surface area contributed by atoms with E-state index >= 15 is 0 Å². The number of fused-ring (bicyclic) bond motifs is 1. The Hall–Kier alpha value is -3.60. The van der Waals surface area contributed by atoms with Crippen molar-refractivity contribution in [3.05, 3.63) is 89.0 Å². The normalized spacial score (nSPS) is 12.6. The van der Waals surface area contributed by atoms with Crippen LogP contribution in [0.4, 0.5) is 5.69 Å². The molecule has 1 aliphatic heterocycles. The fraction of sp³-hybridized carbons (Fsp3) is 0.130. The smallest absolute Gasteiger partial charge is 0.336 e. The monoisotopic (exact) mass is 371 g/mol. The lowest BCUT2D eigenvalue weighted by atomic mass is 9.95. The minimum atomic E-state index is -0.923. The Morgan fingerprint density at radius 3 is 2.50 bits per heavy atom. The first-order valence-electron chi connectivity index (χ1n) is 9.17. The molecule has 3 aromatic carbocycles. The number of rotatable bonds is 5. The van der Waals surface area contributed by atoms with Gasteiger partial charge in [0.2, 0.25) is 0 Å². The minimum absolute atomic E-state index is 0.0804. The van der Waals surface area contributed by atoms with Crippen LogP contribution in [0.25, 0.3) is 11.1 Å². The van der Waals surface area contributed by atoms with Crippen molar-refractivity contribution in [3.63, 3.8) is 0 Å². The zero-order chi connectivity index (χ0) is 19.7. The van der Waals surface area contributed by atoms with Crippen LogP contribution in [0.5, 0.6) is 0 Å². The number of anilines is 1. The van der Waals surface area contributed by atoms with Gasteiger partial charge in [0, 0.05) is 24.3 Å². The van der Waals surface area contributed by atoms with Gasteiger partial charge >= 0.3 is 5.97 Å². The van der Waals surface area contributed by atoms with Gasteiger partial charge in [-0.05, 0) is 52.9 Å². The van der Waals surface area contributed by atoms with Crippen LogP contribution in [0.2, 0.25) is 0 Å². The van der Waals surface area contributed by atoms with Crippen LogP contribution in [0.1, 0.15) is 27.0 Å². The number of amidine groups is 1. The molecule has 0 atom stereocenters. The summed E-state index contributed by atoms with van der Waals surface area (Å²) in [6, 6.07) is 21.0. The van der Waals surface area contributed by atoms with Crippen molar-refractivity contribution < 1.29 is 9.90 Å². The van der Waals surface area contributed by atoms with Gasteiger partial charge in [-0.15, -0.1) is 0 Å². The minimum Gasteiger partial charge on any atom is -0.478 e. The highest BCUT2D eigenvalue weighted by atomic mass is 16.4. The van der Waals surface area contributed by atoms with E-state index in [1.807, 2.05) is 48.5 Å². The van der Waals surface area contributed by atoms with Crippen molar-refractivity contribution >= 4 is 17.5 Å². The van der Waals surface area contributed by atoms with Crippen LogP contribution < -0.4 is 10.6 Å². The number of carboxylic acids is 1. The van der Waals surface area contributed by atoms with E-state index in [1.54, 1.807) is 12.1 Å². The molecule has 4 N–H and O–H groups in total. The van der Waals surface area contributed by atoms with Gasteiger partial charge in [0.05, 0.1) is 5.56 Å². The van der Waals surface area contributed by atoms with E-state index in [0.717, 1.165) is 40.9 Å². The topological polar surface area (TPSA) is 90.4 Å². The van der Waals surface area contributed by atoms with Gasteiger partial charge in [-0.25, -0.2) is 4.79 Å². The molecule has 1 aliphatic rings. The molecular weight excluding hydrogens is 350 g/mol. The first-order chi connectivity index (χ1) is 13.5. The molecule has 0 unspecified atom stereocenters. The third-order valence-corrected chi connectivity index (χ3v) is 5.21. The van der Waals surface area contributed by atoms with Gasteiger partial charge in [-0.3, -0.25) is 5.41 Å². The number of nitrogen functional groups attached to an aromatic ring is 1. The molecule has 5 nitrogen and oxygen atoms in total. The predicted molar refractivity (Wildman–Crippen MR) is 111 cm³/mol. The Morgan fingerprint density at radius 2 is 1.75 bits per heavy atom. The summed E-state index contributed by atoms with van der Waals surface area (Å²) in [5.74, 6) is -0.842. The highest BCUT2D eigenvalue weighted by Crippen LogP contribution is 2.33. The van der Waals surface area contributed by atoms with Gasteiger partial charge in [-0.2, -0.15) is 0 Å². The van der Waals surface area contributed by atoms with Crippen LogP contribution >= 0.6 is 0 Å². The van der Waals surface area contributed by atoms with E-state index in [-0.39, 0.29) is 5.84 Å². The van der Waals surface area contributed by atoms with Crippen molar-refractivity contribution in [1.82, 2.24) is 0 Å². The fourth-order valence-corrected chi connectivity index (χ4v) is 3.83. The zero-order valence-electron chi connectivity index (χ0n) is 15.4. The van der Waals surface area contributed by atoms with Gasteiger partial charge in [0.1, 0.15) is 5.84 Å². The van der Waals surface area contributed by atoms with Crippen molar-refractivity contribution in [2.24, 2.45) is 5.73 Å². The lowest BCUT2D eigenvalue weighted by molar-refractivity contribution is 0.0697. The Balaban J connectivity index is 1.69. The van der Waals surface area contributed by atoms with Gasteiger partial charge in [-0.1, -0.05) is 42.5 Å². The maximum Gasteiger partial charge on any atom is 0.336 e.